The number of imidazole rings is 1. The van der Waals surface area contributed by atoms with Gasteiger partial charge in [-0.15, -0.1) is 0 Å². The summed E-state index contributed by atoms with van der Waals surface area (Å²) in [4.78, 5) is 4.23. The molecule has 0 saturated heterocycles. The maximum absolute atomic E-state index is 6.16. The van der Waals surface area contributed by atoms with Crippen LogP contribution in [0.5, 0.6) is 11.5 Å². The van der Waals surface area contributed by atoms with E-state index < -0.39 is 0 Å². The van der Waals surface area contributed by atoms with Gasteiger partial charge in [0.25, 0.3) is 0 Å². The molecule has 0 saturated carbocycles. The van der Waals surface area contributed by atoms with Gasteiger partial charge in [-0.2, -0.15) is 0 Å². The summed E-state index contributed by atoms with van der Waals surface area (Å²) in [6.07, 6.45) is 4.41. The van der Waals surface area contributed by atoms with Crippen LogP contribution >= 0.6 is 0 Å². The molecule has 0 radical (unpaired) electrons. The molecule has 1 heterocycles. The van der Waals surface area contributed by atoms with Crippen molar-refractivity contribution < 1.29 is 9.47 Å². The second kappa shape index (κ2) is 7.13. The number of nitrogens with two attached hydrogens (primary N) is 1. The van der Waals surface area contributed by atoms with Crippen molar-refractivity contribution in [2.45, 2.75) is 33.2 Å². The molecule has 0 aliphatic carbocycles. The molecule has 0 unspecified atom stereocenters. The molecule has 0 aliphatic heterocycles. The lowest BCUT2D eigenvalue weighted by atomic mass is 10.1. The summed E-state index contributed by atoms with van der Waals surface area (Å²) in [6, 6.07) is 5.74. The van der Waals surface area contributed by atoms with Crippen LogP contribution in [0.4, 0.5) is 0 Å². The number of benzene rings is 1. The van der Waals surface area contributed by atoms with Crippen LogP contribution < -0.4 is 15.2 Å². The second-order valence-electron chi connectivity index (χ2n) is 4.70. The van der Waals surface area contributed by atoms with Gasteiger partial charge in [-0.05, 0) is 32.4 Å². The van der Waals surface area contributed by atoms with E-state index >= 15 is 0 Å². The lowest BCUT2D eigenvalue weighted by molar-refractivity contribution is 0.329. The summed E-state index contributed by atoms with van der Waals surface area (Å²) in [5.41, 5.74) is 8.03. The normalized spacial score (nSPS) is 12.2. The summed E-state index contributed by atoms with van der Waals surface area (Å²) in [6.45, 7) is 7.21. The van der Waals surface area contributed by atoms with Gasteiger partial charge < -0.3 is 15.2 Å². The highest BCUT2D eigenvalue weighted by Crippen LogP contribution is 2.30. The fourth-order valence-corrected chi connectivity index (χ4v) is 2.21. The van der Waals surface area contributed by atoms with E-state index in [0.717, 1.165) is 29.3 Å². The van der Waals surface area contributed by atoms with E-state index in [4.69, 9.17) is 15.2 Å². The molecule has 5 heteroatoms. The molecule has 0 aliphatic rings. The topological polar surface area (TPSA) is 62.3 Å². The highest BCUT2D eigenvalue weighted by Gasteiger charge is 2.15. The molecular weight excluding hydrogens is 266 g/mol. The van der Waals surface area contributed by atoms with E-state index in [-0.39, 0.29) is 6.04 Å². The first-order valence-corrected chi connectivity index (χ1v) is 7.39. The van der Waals surface area contributed by atoms with Crippen LogP contribution in [0.1, 0.15) is 38.9 Å². The van der Waals surface area contributed by atoms with Gasteiger partial charge in [0.05, 0.1) is 37.1 Å². The smallest absolute Gasteiger partial charge is 0.143 e. The van der Waals surface area contributed by atoms with Crippen molar-refractivity contribution in [3.05, 3.63) is 36.4 Å². The van der Waals surface area contributed by atoms with Crippen molar-refractivity contribution in [3.63, 3.8) is 0 Å². The fourth-order valence-electron chi connectivity index (χ4n) is 2.21. The molecule has 5 nitrogen and oxygen atoms in total. The highest BCUT2D eigenvalue weighted by atomic mass is 16.5. The molecule has 21 heavy (non-hydrogen) atoms. The summed E-state index contributed by atoms with van der Waals surface area (Å²) in [5.74, 6) is 1.60. The molecule has 1 atom stereocenters. The van der Waals surface area contributed by atoms with E-state index in [0.29, 0.717) is 13.2 Å². The third-order valence-electron chi connectivity index (χ3n) is 3.29. The Hall–Kier alpha value is -2.01. The van der Waals surface area contributed by atoms with Gasteiger partial charge in [0.1, 0.15) is 11.5 Å². The van der Waals surface area contributed by atoms with E-state index in [1.54, 1.807) is 12.5 Å². The Bertz CT molecular complexity index is 581. The number of rotatable bonds is 7. The van der Waals surface area contributed by atoms with Gasteiger partial charge in [0, 0.05) is 12.1 Å². The molecule has 2 aromatic rings. The third-order valence-corrected chi connectivity index (χ3v) is 3.29. The van der Waals surface area contributed by atoms with Crippen molar-refractivity contribution in [3.8, 4) is 17.2 Å². The average Bonchev–Trinajstić information content (AvgIpc) is 2.98. The van der Waals surface area contributed by atoms with Crippen LogP contribution in [0.25, 0.3) is 5.69 Å². The zero-order valence-electron chi connectivity index (χ0n) is 12.9. The minimum absolute atomic E-state index is 0.0577. The minimum atomic E-state index is -0.0577. The lowest BCUT2D eigenvalue weighted by Gasteiger charge is -2.17. The minimum Gasteiger partial charge on any atom is -0.494 e. The first-order chi connectivity index (χ1) is 10.2. The first-order valence-electron chi connectivity index (χ1n) is 7.39. The zero-order valence-corrected chi connectivity index (χ0v) is 12.9. The number of ether oxygens (including phenoxy) is 2. The maximum atomic E-state index is 6.16. The Kier molecular flexibility index (Phi) is 5.22. The number of aromatic nitrogens is 2. The summed E-state index contributed by atoms with van der Waals surface area (Å²) in [5, 5.41) is 0. The number of nitrogens with zero attached hydrogens (tertiary/aromatic N) is 2. The highest BCUT2D eigenvalue weighted by molar-refractivity contribution is 5.52. The molecule has 1 aromatic carbocycles. The van der Waals surface area contributed by atoms with Crippen molar-refractivity contribution in [1.29, 1.82) is 0 Å². The van der Waals surface area contributed by atoms with E-state index in [1.807, 2.05) is 36.6 Å². The van der Waals surface area contributed by atoms with Gasteiger partial charge in [0.15, 0.2) is 0 Å². The molecule has 114 valence electrons. The molecule has 0 fully saturated rings. The standard InChI is InChI=1S/C16H23N3O2/c1-4-13(17)15-10-18-11-19(15)14-9-12(20-5-2)7-8-16(14)21-6-3/h7-11,13H,4-6,17H2,1-3H3/t13-/m1/s1. The Morgan fingerprint density at radius 3 is 2.62 bits per heavy atom. The molecule has 0 amide bonds. The predicted octanol–water partition coefficient (Wildman–Crippen LogP) is 3.08. The second-order valence-corrected chi connectivity index (χ2v) is 4.70. The van der Waals surface area contributed by atoms with Crippen molar-refractivity contribution >= 4 is 0 Å². The van der Waals surface area contributed by atoms with Gasteiger partial charge in [-0.25, -0.2) is 4.98 Å². The van der Waals surface area contributed by atoms with E-state index in [1.165, 1.54) is 0 Å². The molecule has 0 bridgehead atoms. The van der Waals surface area contributed by atoms with Crippen molar-refractivity contribution in [2.75, 3.05) is 13.2 Å². The average molecular weight is 289 g/mol. The Balaban J connectivity index is 2.49. The Morgan fingerprint density at radius 1 is 1.19 bits per heavy atom. The van der Waals surface area contributed by atoms with Gasteiger partial charge in [0.2, 0.25) is 0 Å². The summed E-state index contributed by atoms with van der Waals surface area (Å²) < 4.78 is 13.3. The number of hydrogen-bond donors (Lipinski definition) is 1. The van der Waals surface area contributed by atoms with Crippen LogP contribution in [0.2, 0.25) is 0 Å². The summed E-state index contributed by atoms with van der Waals surface area (Å²) >= 11 is 0. The number of hydrogen-bond acceptors (Lipinski definition) is 4. The molecule has 1 aromatic heterocycles. The summed E-state index contributed by atoms with van der Waals surface area (Å²) in [7, 11) is 0. The van der Waals surface area contributed by atoms with E-state index in [2.05, 4.69) is 11.9 Å². The zero-order chi connectivity index (χ0) is 15.2. The Morgan fingerprint density at radius 2 is 1.95 bits per heavy atom. The molecule has 2 N–H and O–H groups in total. The lowest BCUT2D eigenvalue weighted by Crippen LogP contribution is -2.14. The predicted molar refractivity (Wildman–Crippen MR) is 83.1 cm³/mol. The Labute approximate surface area is 125 Å². The molecular formula is C16H23N3O2. The van der Waals surface area contributed by atoms with Gasteiger partial charge >= 0.3 is 0 Å². The quantitative estimate of drug-likeness (QED) is 0.851. The van der Waals surface area contributed by atoms with Crippen LogP contribution in [0, 0.1) is 0 Å². The van der Waals surface area contributed by atoms with Crippen LogP contribution in [-0.4, -0.2) is 22.8 Å². The van der Waals surface area contributed by atoms with Crippen molar-refractivity contribution in [2.24, 2.45) is 5.73 Å². The monoisotopic (exact) mass is 289 g/mol. The van der Waals surface area contributed by atoms with E-state index in [9.17, 15) is 0 Å². The largest absolute Gasteiger partial charge is 0.494 e. The fraction of sp³-hybridized carbons (Fsp3) is 0.438. The van der Waals surface area contributed by atoms with Crippen LogP contribution in [0.15, 0.2) is 30.7 Å². The van der Waals surface area contributed by atoms with Crippen LogP contribution in [0.3, 0.4) is 0 Å². The van der Waals surface area contributed by atoms with Crippen LogP contribution in [-0.2, 0) is 0 Å². The van der Waals surface area contributed by atoms with Crippen molar-refractivity contribution in [1.82, 2.24) is 9.55 Å². The van der Waals surface area contributed by atoms with Gasteiger partial charge in [-0.1, -0.05) is 6.92 Å². The molecule has 2 rings (SSSR count). The molecule has 0 spiro atoms. The SMILES string of the molecule is CCOc1ccc(OCC)c(-n2cncc2[C@H](N)CC)c1. The van der Waals surface area contributed by atoms with Gasteiger partial charge in [-0.3, -0.25) is 4.57 Å². The first kappa shape index (κ1) is 15.4. The maximum Gasteiger partial charge on any atom is 0.143 e. The third kappa shape index (κ3) is 3.36.